The number of rotatable bonds is 6. The average molecular weight is 353 g/mol. The number of hydrogen-bond acceptors (Lipinski definition) is 4. The number of nitrogens with zero attached hydrogens (tertiary/aromatic N) is 1. The number of hydrogen-bond donors (Lipinski definition) is 1. The molecule has 0 saturated carbocycles. The first-order valence-corrected chi connectivity index (χ1v) is 8.30. The van der Waals surface area contributed by atoms with Gasteiger partial charge in [-0.15, -0.1) is 0 Å². The van der Waals surface area contributed by atoms with E-state index in [0.717, 1.165) is 17.0 Å². The monoisotopic (exact) mass is 353 g/mol. The van der Waals surface area contributed by atoms with Gasteiger partial charge in [-0.1, -0.05) is 20.8 Å². The largest absolute Gasteiger partial charge is 0.479 e. The molecule has 0 aliphatic carbocycles. The maximum atomic E-state index is 13.2. The molecule has 1 heterocycles. The summed E-state index contributed by atoms with van der Waals surface area (Å²) in [5, 5.41) is 9.92. The van der Waals surface area contributed by atoms with Crippen LogP contribution in [0.15, 0.2) is 24.3 Å². The molecule has 1 aromatic carbocycles. The lowest BCUT2D eigenvalue weighted by molar-refractivity contribution is -0.269. The molecule has 1 atom stereocenters. The van der Waals surface area contributed by atoms with Gasteiger partial charge < -0.3 is 14.6 Å². The van der Waals surface area contributed by atoms with Crippen molar-refractivity contribution in [3.8, 4) is 0 Å². The molecular formula is C18H24FNO5. The van der Waals surface area contributed by atoms with E-state index in [1.807, 2.05) is 0 Å². The van der Waals surface area contributed by atoms with Crippen LogP contribution in [0.2, 0.25) is 0 Å². The Balaban J connectivity index is 2.61. The van der Waals surface area contributed by atoms with Crippen LogP contribution in [0.4, 0.5) is 4.39 Å². The van der Waals surface area contributed by atoms with Crippen molar-refractivity contribution in [2.24, 2.45) is 5.92 Å². The second-order valence-corrected chi connectivity index (χ2v) is 6.52. The Bertz CT molecular complexity index is 639. The minimum Gasteiger partial charge on any atom is -0.479 e. The number of halogens is 1. The molecule has 1 N–H and O–H groups in total. The third kappa shape index (κ3) is 3.26. The molecule has 0 bridgehead atoms. The van der Waals surface area contributed by atoms with Gasteiger partial charge in [0.25, 0.3) is 11.8 Å². The Morgan fingerprint density at radius 2 is 1.80 bits per heavy atom. The third-order valence-electron chi connectivity index (χ3n) is 4.84. The van der Waals surface area contributed by atoms with Crippen molar-refractivity contribution in [2.75, 3.05) is 13.2 Å². The first-order valence-electron chi connectivity index (χ1n) is 8.30. The molecule has 138 valence electrons. The fourth-order valence-corrected chi connectivity index (χ4v) is 2.98. The molecule has 6 nitrogen and oxygen atoms in total. The lowest BCUT2D eigenvalue weighted by Crippen LogP contribution is -2.67. The van der Waals surface area contributed by atoms with Crippen LogP contribution in [0, 0.1) is 11.7 Å². The van der Waals surface area contributed by atoms with Gasteiger partial charge in [-0.05, 0) is 37.1 Å². The number of amides is 1. The highest BCUT2D eigenvalue weighted by Gasteiger charge is 2.57. The van der Waals surface area contributed by atoms with Crippen molar-refractivity contribution in [1.29, 1.82) is 0 Å². The second kappa shape index (κ2) is 7.09. The van der Waals surface area contributed by atoms with Crippen molar-refractivity contribution in [3.63, 3.8) is 0 Å². The van der Waals surface area contributed by atoms with Gasteiger partial charge in [-0.2, -0.15) is 0 Å². The molecule has 1 aromatic rings. The average Bonchev–Trinajstić information content (AvgIpc) is 3.04. The zero-order valence-corrected chi connectivity index (χ0v) is 14.9. The van der Waals surface area contributed by atoms with Crippen molar-refractivity contribution >= 4 is 11.9 Å². The summed E-state index contributed by atoms with van der Waals surface area (Å²) in [6, 6.07) is 4.97. The maximum Gasteiger partial charge on any atom is 0.329 e. The SMILES string of the molecule is CCC1(N(C(=O)c2ccc(F)cc2)[C@](C)(C(=O)O)C(C)C)OCCO1. The lowest BCUT2D eigenvalue weighted by Gasteiger charge is -2.48. The van der Waals surface area contributed by atoms with Gasteiger partial charge in [0.2, 0.25) is 0 Å². The van der Waals surface area contributed by atoms with E-state index in [4.69, 9.17) is 9.47 Å². The van der Waals surface area contributed by atoms with Gasteiger partial charge in [-0.25, -0.2) is 9.18 Å². The predicted octanol–water partition coefficient (Wildman–Crippen LogP) is 2.88. The van der Waals surface area contributed by atoms with Crippen LogP contribution in [0.5, 0.6) is 0 Å². The van der Waals surface area contributed by atoms with Crippen LogP contribution >= 0.6 is 0 Å². The molecule has 1 amide bonds. The van der Waals surface area contributed by atoms with Crippen molar-refractivity contribution in [3.05, 3.63) is 35.6 Å². The molecule has 0 aromatic heterocycles. The van der Waals surface area contributed by atoms with E-state index >= 15 is 0 Å². The van der Waals surface area contributed by atoms with Crippen LogP contribution in [0.3, 0.4) is 0 Å². The topological polar surface area (TPSA) is 76.1 Å². The summed E-state index contributed by atoms with van der Waals surface area (Å²) in [5.41, 5.74) is -1.41. The van der Waals surface area contributed by atoms with Gasteiger partial charge in [-0.3, -0.25) is 9.69 Å². The van der Waals surface area contributed by atoms with E-state index in [2.05, 4.69) is 0 Å². The zero-order valence-electron chi connectivity index (χ0n) is 14.9. The Kier molecular flexibility index (Phi) is 5.49. The van der Waals surface area contributed by atoms with E-state index < -0.39 is 35.1 Å². The number of carboxylic acids is 1. The summed E-state index contributed by atoms with van der Waals surface area (Å²) in [6.07, 6.45) is 0.259. The van der Waals surface area contributed by atoms with Crippen LogP contribution < -0.4 is 0 Å². The lowest BCUT2D eigenvalue weighted by atomic mass is 9.85. The number of carbonyl (C=O) groups excluding carboxylic acids is 1. The molecule has 7 heteroatoms. The second-order valence-electron chi connectivity index (χ2n) is 6.52. The van der Waals surface area contributed by atoms with Gasteiger partial charge in [0.15, 0.2) is 0 Å². The molecule has 0 radical (unpaired) electrons. The minimum atomic E-state index is -1.58. The maximum absolute atomic E-state index is 13.2. The quantitative estimate of drug-likeness (QED) is 0.851. The van der Waals surface area contributed by atoms with E-state index in [1.165, 1.54) is 19.1 Å². The summed E-state index contributed by atoms with van der Waals surface area (Å²) in [6.45, 7) is 7.20. The summed E-state index contributed by atoms with van der Waals surface area (Å²) in [4.78, 5) is 26.5. The van der Waals surface area contributed by atoms with E-state index in [9.17, 15) is 19.1 Å². The van der Waals surface area contributed by atoms with Gasteiger partial charge in [0, 0.05) is 12.0 Å². The molecule has 0 spiro atoms. The molecule has 2 rings (SSSR count). The Morgan fingerprint density at radius 3 is 2.20 bits per heavy atom. The predicted molar refractivity (Wildman–Crippen MR) is 88.4 cm³/mol. The van der Waals surface area contributed by atoms with E-state index in [-0.39, 0.29) is 25.2 Å². The highest BCUT2D eigenvalue weighted by atomic mass is 19.1. The Morgan fingerprint density at radius 1 is 1.28 bits per heavy atom. The van der Waals surface area contributed by atoms with Gasteiger partial charge >= 0.3 is 5.97 Å². The van der Waals surface area contributed by atoms with Crippen molar-refractivity contribution < 1.29 is 28.6 Å². The first kappa shape index (κ1) is 19.3. The minimum absolute atomic E-state index is 0.168. The van der Waals surface area contributed by atoms with E-state index in [0.29, 0.717) is 0 Å². The van der Waals surface area contributed by atoms with Crippen LogP contribution in [-0.4, -0.2) is 46.5 Å². The summed E-state index contributed by atoms with van der Waals surface area (Å²) < 4.78 is 24.6. The van der Waals surface area contributed by atoms with Crippen molar-refractivity contribution in [1.82, 2.24) is 4.90 Å². The molecule has 25 heavy (non-hydrogen) atoms. The Labute approximate surface area is 146 Å². The smallest absolute Gasteiger partial charge is 0.329 e. The van der Waals surface area contributed by atoms with Crippen LogP contribution in [-0.2, 0) is 14.3 Å². The summed E-state index contributed by atoms with van der Waals surface area (Å²) in [5.74, 6) is -4.12. The fraction of sp³-hybridized carbons (Fsp3) is 0.556. The highest BCUT2D eigenvalue weighted by molar-refractivity contribution is 5.98. The highest BCUT2D eigenvalue weighted by Crippen LogP contribution is 2.39. The number of carboxylic acid groups (broad SMARTS) is 1. The summed E-state index contributed by atoms with van der Waals surface area (Å²) >= 11 is 0. The molecular weight excluding hydrogens is 329 g/mol. The van der Waals surface area contributed by atoms with Crippen molar-refractivity contribution in [2.45, 2.75) is 45.6 Å². The normalized spacial score (nSPS) is 18.8. The van der Waals surface area contributed by atoms with Gasteiger partial charge in [0.05, 0.1) is 13.2 Å². The fourth-order valence-electron chi connectivity index (χ4n) is 2.98. The molecule has 1 aliphatic rings. The van der Waals surface area contributed by atoms with Gasteiger partial charge in [0.1, 0.15) is 11.4 Å². The molecule has 1 saturated heterocycles. The standard InChI is InChI=1S/C18H24FNO5/c1-5-18(24-10-11-25-18)20(17(4,12(2)3)16(22)23)15(21)13-6-8-14(19)9-7-13/h6-9,12H,5,10-11H2,1-4H3,(H,22,23)/t17-/m0/s1. The number of carbonyl (C=O) groups is 2. The number of aliphatic carboxylic acids is 1. The first-order chi connectivity index (χ1) is 11.7. The third-order valence-corrected chi connectivity index (χ3v) is 4.84. The van der Waals surface area contributed by atoms with Crippen LogP contribution in [0.1, 0.15) is 44.5 Å². The van der Waals surface area contributed by atoms with Crippen LogP contribution in [0.25, 0.3) is 0 Å². The Hall–Kier alpha value is -1.99. The summed E-state index contributed by atoms with van der Waals surface area (Å²) in [7, 11) is 0. The molecule has 1 aliphatic heterocycles. The molecule has 0 unspecified atom stereocenters. The molecule has 1 fully saturated rings. The zero-order chi connectivity index (χ0) is 18.8. The number of benzene rings is 1. The van der Waals surface area contributed by atoms with E-state index in [1.54, 1.807) is 20.8 Å². The number of ether oxygens (including phenoxy) is 2.